The summed E-state index contributed by atoms with van der Waals surface area (Å²) in [5.74, 6) is -0.325. The molecule has 2 aromatic rings. The van der Waals surface area contributed by atoms with E-state index in [0.717, 1.165) is 25.7 Å². The van der Waals surface area contributed by atoms with E-state index in [1.807, 2.05) is 0 Å². The largest absolute Gasteiger partial charge is 0.340 e. The van der Waals surface area contributed by atoms with Crippen LogP contribution in [0.15, 0.2) is 27.6 Å². The Balaban J connectivity index is 2.04. The number of rotatable bonds is 4. The number of nitrogens with one attached hydrogen (secondary N) is 1. The molecule has 0 saturated heterocycles. The zero-order valence-corrected chi connectivity index (χ0v) is 15.3. The van der Waals surface area contributed by atoms with Crippen LogP contribution in [0, 0.1) is 12.7 Å². The molecule has 0 aliphatic heterocycles. The van der Waals surface area contributed by atoms with Crippen molar-refractivity contribution < 1.29 is 17.3 Å². The third kappa shape index (κ3) is 3.70. The Morgan fingerprint density at radius 1 is 1.24 bits per heavy atom. The van der Waals surface area contributed by atoms with Gasteiger partial charge >= 0.3 is 0 Å². The summed E-state index contributed by atoms with van der Waals surface area (Å²) in [7, 11) is -4.16. The zero-order chi connectivity index (χ0) is 18.1. The summed E-state index contributed by atoms with van der Waals surface area (Å²) in [6, 6.07) is 3.90. The maximum absolute atomic E-state index is 14.3. The van der Waals surface area contributed by atoms with Crippen LogP contribution < -0.4 is 4.72 Å². The molecule has 0 radical (unpaired) electrons. The normalized spacial score (nSPS) is 18.0. The molecule has 0 unspecified atom stereocenters. The monoisotopic (exact) mass is 387 g/mol. The average molecular weight is 388 g/mol. The van der Waals surface area contributed by atoms with E-state index in [4.69, 9.17) is 16.1 Å². The van der Waals surface area contributed by atoms with Crippen molar-refractivity contribution in [3.8, 4) is 0 Å². The van der Waals surface area contributed by atoms with Crippen LogP contribution in [0.2, 0.25) is 5.02 Å². The maximum atomic E-state index is 14.3. The molecule has 1 fully saturated rings. The molecule has 9 heteroatoms. The fourth-order valence-corrected chi connectivity index (χ4v) is 4.95. The van der Waals surface area contributed by atoms with Gasteiger partial charge in [0.2, 0.25) is 15.9 Å². The van der Waals surface area contributed by atoms with E-state index in [9.17, 15) is 12.8 Å². The van der Waals surface area contributed by atoms with Crippen molar-refractivity contribution in [2.45, 2.75) is 55.9 Å². The predicted molar refractivity (Wildman–Crippen MR) is 90.1 cm³/mol. The third-order valence-electron chi connectivity index (χ3n) is 4.45. The van der Waals surface area contributed by atoms with Gasteiger partial charge in [0.15, 0.2) is 11.6 Å². The number of hydrogen-bond acceptors (Lipinski definition) is 5. The summed E-state index contributed by atoms with van der Waals surface area (Å²) in [4.78, 5) is 3.76. The lowest BCUT2D eigenvalue weighted by Crippen LogP contribution is -2.46. The van der Waals surface area contributed by atoms with Crippen LogP contribution in [0.5, 0.6) is 0 Å². The highest BCUT2D eigenvalue weighted by molar-refractivity contribution is 7.89. The molecule has 1 aliphatic rings. The highest BCUT2D eigenvalue weighted by Gasteiger charge is 2.41. The predicted octanol–water partition coefficient (Wildman–Crippen LogP) is 3.70. The van der Waals surface area contributed by atoms with Crippen molar-refractivity contribution >= 4 is 21.6 Å². The van der Waals surface area contributed by atoms with Gasteiger partial charge in [0.1, 0.15) is 4.90 Å². The van der Waals surface area contributed by atoms with E-state index in [0.29, 0.717) is 18.7 Å². The van der Waals surface area contributed by atoms with Crippen molar-refractivity contribution in [3.63, 3.8) is 0 Å². The summed E-state index contributed by atoms with van der Waals surface area (Å²) in [5, 5.41) is 3.70. The van der Waals surface area contributed by atoms with Gasteiger partial charge in [-0.05, 0) is 25.0 Å². The minimum atomic E-state index is -4.16. The molecule has 6 nitrogen and oxygen atoms in total. The number of hydrogen-bond donors (Lipinski definition) is 1. The highest BCUT2D eigenvalue weighted by Crippen LogP contribution is 2.36. The number of sulfonamides is 1. The van der Waals surface area contributed by atoms with Crippen molar-refractivity contribution in [2.24, 2.45) is 0 Å². The van der Waals surface area contributed by atoms with Crippen LogP contribution in [-0.4, -0.2) is 18.6 Å². The number of nitrogens with zero attached hydrogens (tertiary/aromatic N) is 2. The van der Waals surface area contributed by atoms with E-state index in [-0.39, 0.29) is 10.8 Å². The molecule has 1 saturated carbocycles. The van der Waals surface area contributed by atoms with Gasteiger partial charge in [-0.15, -0.1) is 0 Å². The minimum Gasteiger partial charge on any atom is -0.340 e. The van der Waals surface area contributed by atoms with Gasteiger partial charge in [-0.25, -0.2) is 12.8 Å². The standard InChI is InChI=1S/C16H19ClFN3O3S/c1-11-19-15(20-24-11)16(9-4-2-3-5-10-16)21-25(22,23)13-8-6-7-12(17)14(13)18/h6-8,21H,2-5,9-10H2,1H3. The number of aryl methyl sites for hydroxylation is 1. The van der Waals surface area contributed by atoms with E-state index < -0.39 is 26.3 Å². The van der Waals surface area contributed by atoms with Crippen LogP contribution in [0.1, 0.15) is 50.2 Å². The first-order chi connectivity index (χ1) is 11.8. The SMILES string of the molecule is Cc1nc(C2(NS(=O)(=O)c3cccc(Cl)c3F)CCCCCC2)no1. The average Bonchev–Trinajstić information content (AvgIpc) is 2.86. The van der Waals surface area contributed by atoms with Gasteiger partial charge in [-0.3, -0.25) is 0 Å². The summed E-state index contributed by atoms with van der Waals surface area (Å²) in [6.07, 6.45) is 4.65. The van der Waals surface area contributed by atoms with Crippen molar-refractivity contribution in [3.05, 3.63) is 40.8 Å². The molecule has 1 aliphatic carbocycles. The molecule has 1 N–H and O–H groups in total. The third-order valence-corrected chi connectivity index (χ3v) is 6.29. The highest BCUT2D eigenvalue weighted by atomic mass is 35.5. The summed E-state index contributed by atoms with van der Waals surface area (Å²) >= 11 is 5.74. The molecule has 0 spiro atoms. The first-order valence-electron chi connectivity index (χ1n) is 8.13. The van der Waals surface area contributed by atoms with Crippen molar-refractivity contribution in [2.75, 3.05) is 0 Å². The lowest BCUT2D eigenvalue weighted by Gasteiger charge is -2.30. The van der Waals surface area contributed by atoms with E-state index in [2.05, 4.69) is 14.9 Å². The van der Waals surface area contributed by atoms with Gasteiger partial charge in [-0.1, -0.05) is 48.5 Å². The molecule has 136 valence electrons. The quantitative estimate of drug-likeness (QED) is 0.808. The fourth-order valence-electron chi connectivity index (χ4n) is 3.20. The Labute approximate surface area is 150 Å². The molecule has 1 heterocycles. The molecule has 0 bridgehead atoms. The van der Waals surface area contributed by atoms with Gasteiger partial charge in [0.25, 0.3) is 0 Å². The molecular weight excluding hydrogens is 369 g/mol. The second-order valence-electron chi connectivity index (χ2n) is 6.29. The van der Waals surface area contributed by atoms with Gasteiger partial charge in [0.05, 0.1) is 10.6 Å². The van der Waals surface area contributed by atoms with Gasteiger partial charge in [-0.2, -0.15) is 9.71 Å². The Hall–Kier alpha value is -1.51. The van der Waals surface area contributed by atoms with Gasteiger partial charge in [0, 0.05) is 6.92 Å². The van der Waals surface area contributed by atoms with E-state index in [1.54, 1.807) is 6.92 Å². The first-order valence-corrected chi connectivity index (χ1v) is 9.99. The van der Waals surface area contributed by atoms with E-state index >= 15 is 0 Å². The Morgan fingerprint density at radius 3 is 2.52 bits per heavy atom. The molecule has 1 aromatic carbocycles. The minimum absolute atomic E-state index is 0.242. The first kappa shape index (κ1) is 18.3. The summed E-state index contributed by atoms with van der Waals surface area (Å²) < 4.78 is 47.7. The lowest BCUT2D eigenvalue weighted by atomic mass is 9.91. The van der Waals surface area contributed by atoms with Crippen molar-refractivity contribution in [1.82, 2.24) is 14.9 Å². The molecule has 3 rings (SSSR count). The second-order valence-corrected chi connectivity index (χ2v) is 8.35. The van der Waals surface area contributed by atoms with Crippen LogP contribution in [0.3, 0.4) is 0 Å². The molecular formula is C16H19ClFN3O3S. The maximum Gasteiger partial charge on any atom is 0.244 e. The Kier molecular flexibility index (Phi) is 5.13. The number of benzene rings is 1. The zero-order valence-electron chi connectivity index (χ0n) is 13.8. The van der Waals surface area contributed by atoms with Crippen LogP contribution in [-0.2, 0) is 15.6 Å². The van der Waals surface area contributed by atoms with Gasteiger partial charge < -0.3 is 4.52 Å². The summed E-state index contributed by atoms with van der Waals surface area (Å²) in [6.45, 7) is 1.64. The number of halogens is 2. The van der Waals surface area contributed by atoms with Crippen LogP contribution in [0.25, 0.3) is 0 Å². The smallest absolute Gasteiger partial charge is 0.244 e. The fraction of sp³-hybridized carbons (Fsp3) is 0.500. The summed E-state index contributed by atoms with van der Waals surface area (Å²) in [5.41, 5.74) is -1.01. The molecule has 25 heavy (non-hydrogen) atoms. The molecule has 0 amide bonds. The second kappa shape index (κ2) is 7.01. The topological polar surface area (TPSA) is 85.1 Å². The lowest BCUT2D eigenvalue weighted by molar-refractivity contribution is 0.301. The van der Waals surface area contributed by atoms with E-state index in [1.165, 1.54) is 18.2 Å². The molecule has 0 atom stereocenters. The van der Waals surface area contributed by atoms with Crippen LogP contribution in [0.4, 0.5) is 4.39 Å². The Bertz CT molecular complexity index is 861. The molecule has 1 aromatic heterocycles. The Morgan fingerprint density at radius 2 is 1.92 bits per heavy atom. The van der Waals surface area contributed by atoms with Crippen molar-refractivity contribution in [1.29, 1.82) is 0 Å². The number of aromatic nitrogens is 2. The van der Waals surface area contributed by atoms with Crippen LogP contribution >= 0.6 is 11.6 Å².